The summed E-state index contributed by atoms with van der Waals surface area (Å²) < 4.78 is 12.5. The second-order valence-corrected chi connectivity index (χ2v) is 6.20. The van der Waals surface area contributed by atoms with Crippen molar-refractivity contribution in [1.29, 1.82) is 0 Å². The number of aromatic nitrogens is 3. The van der Waals surface area contributed by atoms with Crippen molar-refractivity contribution in [3.63, 3.8) is 0 Å². The van der Waals surface area contributed by atoms with Crippen LogP contribution in [-0.4, -0.2) is 28.8 Å². The number of fused-ring (bicyclic) bond motifs is 1. The lowest BCUT2D eigenvalue weighted by Gasteiger charge is -2.12. The summed E-state index contributed by atoms with van der Waals surface area (Å²) in [6, 6.07) is 9.96. The molecule has 1 aliphatic rings. The molecule has 0 bridgehead atoms. The van der Waals surface area contributed by atoms with E-state index in [9.17, 15) is 0 Å². The van der Waals surface area contributed by atoms with Gasteiger partial charge in [0.15, 0.2) is 23.0 Å². The van der Waals surface area contributed by atoms with E-state index in [1.807, 2.05) is 28.9 Å². The fourth-order valence-electron chi connectivity index (χ4n) is 3.28. The lowest BCUT2D eigenvalue weighted by molar-refractivity contribution is 0.355. The van der Waals surface area contributed by atoms with Crippen LogP contribution in [0.1, 0.15) is 31.2 Å². The molecule has 0 radical (unpaired) electrons. The smallest absolute Gasteiger partial charge is 0.182 e. The van der Waals surface area contributed by atoms with Crippen LogP contribution in [0, 0.1) is 0 Å². The third-order valence-corrected chi connectivity index (χ3v) is 4.64. The Bertz CT molecular complexity index is 943. The monoisotopic (exact) mass is 335 g/mol. The molecule has 1 aliphatic carbocycles. The van der Waals surface area contributed by atoms with Crippen molar-refractivity contribution in [3.8, 4) is 22.9 Å². The van der Waals surface area contributed by atoms with Gasteiger partial charge in [0.25, 0.3) is 0 Å². The van der Waals surface area contributed by atoms with Crippen LogP contribution in [0.4, 0.5) is 0 Å². The van der Waals surface area contributed by atoms with E-state index < -0.39 is 0 Å². The van der Waals surface area contributed by atoms with E-state index in [2.05, 4.69) is 23.3 Å². The Morgan fingerprint density at radius 3 is 2.60 bits per heavy atom. The summed E-state index contributed by atoms with van der Waals surface area (Å²) in [7, 11) is 3.26. The van der Waals surface area contributed by atoms with Crippen LogP contribution in [0.15, 0.2) is 42.6 Å². The largest absolute Gasteiger partial charge is 0.493 e. The Morgan fingerprint density at radius 2 is 1.84 bits per heavy atom. The van der Waals surface area contributed by atoms with Crippen LogP contribution in [0.5, 0.6) is 11.5 Å². The molecular weight excluding hydrogens is 314 g/mol. The maximum atomic E-state index is 5.38. The van der Waals surface area contributed by atoms with Gasteiger partial charge in [-0.25, -0.2) is 9.50 Å². The third-order valence-electron chi connectivity index (χ3n) is 4.64. The topological polar surface area (TPSA) is 48.7 Å². The number of ether oxygens (including phenoxy) is 2. The number of nitrogens with zero attached hydrogens (tertiary/aromatic N) is 3. The quantitative estimate of drug-likeness (QED) is 0.710. The first-order valence-electron chi connectivity index (χ1n) is 8.57. The first-order chi connectivity index (χ1) is 12.3. The zero-order valence-corrected chi connectivity index (χ0v) is 14.5. The molecule has 2 heterocycles. The van der Waals surface area contributed by atoms with E-state index in [0.717, 1.165) is 17.6 Å². The number of benzene rings is 1. The van der Waals surface area contributed by atoms with Gasteiger partial charge in [-0.05, 0) is 67.2 Å². The number of methoxy groups -OCH3 is 2. The molecule has 2 aromatic heterocycles. The van der Waals surface area contributed by atoms with E-state index in [-0.39, 0.29) is 0 Å². The van der Waals surface area contributed by atoms with Gasteiger partial charge in [0.2, 0.25) is 0 Å². The van der Waals surface area contributed by atoms with Crippen molar-refractivity contribution in [3.05, 3.63) is 48.2 Å². The molecule has 25 heavy (non-hydrogen) atoms. The Hall–Kier alpha value is -2.82. The summed E-state index contributed by atoms with van der Waals surface area (Å²) in [5.74, 6) is 2.05. The number of allylic oxidation sites excluding steroid dienone is 2. The zero-order valence-electron chi connectivity index (χ0n) is 14.5. The first-order valence-corrected chi connectivity index (χ1v) is 8.57. The summed E-state index contributed by atoms with van der Waals surface area (Å²) in [5, 5.41) is 4.59. The molecule has 0 aliphatic heterocycles. The number of hydrogen-bond donors (Lipinski definition) is 0. The highest BCUT2D eigenvalue weighted by Gasteiger charge is 2.12. The lowest BCUT2D eigenvalue weighted by atomic mass is 9.94. The molecule has 0 unspecified atom stereocenters. The van der Waals surface area contributed by atoms with E-state index >= 15 is 0 Å². The fourth-order valence-corrected chi connectivity index (χ4v) is 3.28. The van der Waals surface area contributed by atoms with Gasteiger partial charge in [0.05, 0.1) is 14.2 Å². The van der Waals surface area contributed by atoms with Gasteiger partial charge in [-0.3, -0.25) is 0 Å². The molecule has 0 spiro atoms. The first kappa shape index (κ1) is 15.7. The Labute approximate surface area is 146 Å². The van der Waals surface area contributed by atoms with E-state index in [4.69, 9.17) is 14.5 Å². The second-order valence-electron chi connectivity index (χ2n) is 6.20. The fraction of sp³-hybridized carbons (Fsp3) is 0.300. The van der Waals surface area contributed by atoms with Crippen LogP contribution < -0.4 is 9.47 Å². The molecule has 4 rings (SSSR count). The molecule has 0 amide bonds. The van der Waals surface area contributed by atoms with Gasteiger partial charge in [0, 0.05) is 11.8 Å². The summed E-state index contributed by atoms with van der Waals surface area (Å²) in [6.45, 7) is 0. The minimum absolute atomic E-state index is 0.673. The molecule has 3 aromatic rings. The standard InChI is InChI=1S/C20H21N3O2/c1-24-17-9-8-16(12-18(17)25-2)20-21-19-13-15(10-11-23(19)22-20)14-6-4-3-5-7-14/h6,8-13H,3-5,7H2,1-2H3. The van der Waals surface area contributed by atoms with E-state index in [1.54, 1.807) is 14.2 Å². The van der Waals surface area contributed by atoms with Crippen LogP contribution in [0.2, 0.25) is 0 Å². The third kappa shape index (κ3) is 2.97. The molecule has 0 saturated heterocycles. The summed E-state index contributed by atoms with van der Waals surface area (Å²) in [6.07, 6.45) is 9.20. The highest BCUT2D eigenvalue weighted by atomic mass is 16.5. The van der Waals surface area contributed by atoms with Crippen molar-refractivity contribution in [2.24, 2.45) is 0 Å². The molecule has 5 heteroatoms. The molecule has 128 valence electrons. The van der Waals surface area contributed by atoms with Gasteiger partial charge < -0.3 is 9.47 Å². The van der Waals surface area contributed by atoms with Crippen LogP contribution in [0.3, 0.4) is 0 Å². The van der Waals surface area contributed by atoms with Crippen LogP contribution in [-0.2, 0) is 0 Å². The molecule has 0 N–H and O–H groups in total. The average Bonchev–Trinajstić information content (AvgIpc) is 3.11. The zero-order chi connectivity index (χ0) is 17.2. The summed E-state index contributed by atoms with van der Waals surface area (Å²) in [5.41, 5.74) is 4.43. The molecule has 0 fully saturated rings. The summed E-state index contributed by atoms with van der Waals surface area (Å²) in [4.78, 5) is 4.70. The highest BCUT2D eigenvalue weighted by Crippen LogP contribution is 2.32. The van der Waals surface area contributed by atoms with Gasteiger partial charge in [-0.1, -0.05) is 6.08 Å². The Kier molecular flexibility index (Phi) is 4.14. The molecule has 1 aromatic carbocycles. The van der Waals surface area contributed by atoms with Gasteiger partial charge in [-0.2, -0.15) is 0 Å². The van der Waals surface area contributed by atoms with Gasteiger partial charge >= 0.3 is 0 Å². The lowest BCUT2D eigenvalue weighted by Crippen LogP contribution is -1.94. The van der Waals surface area contributed by atoms with Crippen molar-refractivity contribution in [2.75, 3.05) is 14.2 Å². The highest BCUT2D eigenvalue weighted by molar-refractivity contribution is 5.70. The molecule has 5 nitrogen and oxygen atoms in total. The minimum Gasteiger partial charge on any atom is -0.493 e. The number of rotatable bonds is 4. The Balaban J connectivity index is 1.73. The van der Waals surface area contributed by atoms with Crippen molar-refractivity contribution < 1.29 is 9.47 Å². The molecule has 0 saturated carbocycles. The molecular formula is C20H21N3O2. The summed E-state index contributed by atoms with van der Waals surface area (Å²) >= 11 is 0. The van der Waals surface area contributed by atoms with Crippen molar-refractivity contribution >= 4 is 11.2 Å². The normalized spacial score (nSPS) is 14.4. The van der Waals surface area contributed by atoms with Gasteiger partial charge in [-0.15, -0.1) is 5.10 Å². The second kappa shape index (κ2) is 6.59. The van der Waals surface area contributed by atoms with E-state index in [0.29, 0.717) is 17.3 Å². The maximum Gasteiger partial charge on any atom is 0.182 e. The minimum atomic E-state index is 0.673. The number of pyridine rings is 1. The molecule has 0 atom stereocenters. The van der Waals surface area contributed by atoms with Crippen molar-refractivity contribution in [2.45, 2.75) is 25.7 Å². The SMILES string of the molecule is COc1ccc(-c2nc3cc(C4=CCCCC4)ccn3n2)cc1OC. The van der Waals surface area contributed by atoms with Crippen molar-refractivity contribution in [1.82, 2.24) is 14.6 Å². The maximum absolute atomic E-state index is 5.38. The predicted molar refractivity (Wildman–Crippen MR) is 98.0 cm³/mol. The van der Waals surface area contributed by atoms with E-state index in [1.165, 1.54) is 30.4 Å². The van der Waals surface area contributed by atoms with Gasteiger partial charge in [0.1, 0.15) is 0 Å². The number of hydrogen-bond acceptors (Lipinski definition) is 4. The predicted octanol–water partition coefficient (Wildman–Crippen LogP) is 4.37. The average molecular weight is 335 g/mol. The van der Waals surface area contributed by atoms with Crippen LogP contribution >= 0.6 is 0 Å². The Morgan fingerprint density at radius 1 is 0.960 bits per heavy atom. The van der Waals surface area contributed by atoms with Crippen LogP contribution in [0.25, 0.3) is 22.6 Å².